The van der Waals surface area contributed by atoms with Crippen molar-refractivity contribution in [1.82, 2.24) is 19.7 Å². The highest BCUT2D eigenvalue weighted by molar-refractivity contribution is 5.28. The Morgan fingerprint density at radius 1 is 1.25 bits per heavy atom. The van der Waals surface area contributed by atoms with Crippen LogP contribution in [0.4, 0.5) is 5.95 Å². The molecule has 0 unspecified atom stereocenters. The average Bonchev–Trinajstić information content (AvgIpc) is 2.54. The Kier molecular flexibility index (Phi) is 1.48. The third kappa shape index (κ3) is 1.12. The quantitative estimate of drug-likeness (QED) is 0.650. The van der Waals surface area contributed by atoms with E-state index in [1.165, 1.54) is 0 Å². The van der Waals surface area contributed by atoms with Crippen molar-refractivity contribution in [2.75, 3.05) is 5.73 Å². The van der Waals surface area contributed by atoms with Gasteiger partial charge in [0.2, 0.25) is 5.95 Å². The van der Waals surface area contributed by atoms with E-state index in [0.29, 0.717) is 0 Å². The van der Waals surface area contributed by atoms with Crippen molar-refractivity contribution in [1.29, 1.82) is 0 Å². The molecule has 0 bridgehead atoms. The van der Waals surface area contributed by atoms with E-state index >= 15 is 0 Å². The summed E-state index contributed by atoms with van der Waals surface area (Å²) in [6, 6.07) is 3.66. The Morgan fingerprint density at radius 2 is 2.00 bits per heavy atom. The second-order valence-electron chi connectivity index (χ2n) is 2.25. The van der Waals surface area contributed by atoms with Crippen LogP contribution in [0.15, 0.2) is 30.9 Å². The smallest absolute Gasteiger partial charge is 0.239 e. The molecule has 5 nitrogen and oxygen atoms in total. The van der Waals surface area contributed by atoms with E-state index in [2.05, 4.69) is 15.1 Å². The molecule has 0 aromatic carbocycles. The molecule has 0 radical (unpaired) electrons. The molecule has 12 heavy (non-hydrogen) atoms. The first-order valence-electron chi connectivity index (χ1n) is 3.44. The molecule has 5 heteroatoms. The highest BCUT2D eigenvalue weighted by Gasteiger charge is 1.96. The van der Waals surface area contributed by atoms with Crippen LogP contribution < -0.4 is 5.73 Å². The highest BCUT2D eigenvalue weighted by atomic mass is 15.4. The van der Waals surface area contributed by atoms with Gasteiger partial charge in [0.05, 0.1) is 5.69 Å². The lowest BCUT2D eigenvalue weighted by Crippen LogP contribution is -1.95. The molecule has 0 saturated carbocycles. The van der Waals surface area contributed by atoms with Crippen LogP contribution in [0, 0.1) is 0 Å². The summed E-state index contributed by atoms with van der Waals surface area (Å²) in [4.78, 5) is 7.69. The first kappa shape index (κ1) is 6.78. The fourth-order valence-corrected chi connectivity index (χ4v) is 0.897. The second kappa shape index (κ2) is 2.61. The Labute approximate surface area is 68.9 Å². The molecule has 0 spiro atoms. The summed E-state index contributed by atoms with van der Waals surface area (Å²) < 4.78 is 1.59. The van der Waals surface area contributed by atoms with Crippen LogP contribution in [0.1, 0.15) is 0 Å². The minimum Gasteiger partial charge on any atom is -0.366 e. The third-order valence-electron chi connectivity index (χ3n) is 1.44. The monoisotopic (exact) mass is 161 g/mol. The lowest BCUT2D eigenvalue weighted by atomic mass is 10.4. The minimum atomic E-state index is 0.270. The van der Waals surface area contributed by atoms with E-state index in [1.54, 1.807) is 23.4 Å². The fraction of sp³-hybridized carbons (Fsp3) is 0. The number of anilines is 1. The predicted octanol–water partition coefficient (Wildman–Crippen LogP) is 0.244. The molecule has 2 aromatic rings. The van der Waals surface area contributed by atoms with Gasteiger partial charge in [-0.05, 0) is 12.1 Å². The van der Waals surface area contributed by atoms with Crippen LogP contribution in [-0.4, -0.2) is 19.7 Å². The Balaban J connectivity index is 2.45. The van der Waals surface area contributed by atoms with Crippen molar-refractivity contribution in [3.63, 3.8) is 0 Å². The van der Waals surface area contributed by atoms with Gasteiger partial charge >= 0.3 is 0 Å². The van der Waals surface area contributed by atoms with Gasteiger partial charge in [-0.25, -0.2) is 9.67 Å². The van der Waals surface area contributed by atoms with Crippen molar-refractivity contribution >= 4 is 5.95 Å². The molecular weight excluding hydrogens is 154 g/mol. The fourth-order valence-electron chi connectivity index (χ4n) is 0.897. The van der Waals surface area contributed by atoms with Gasteiger partial charge in [-0.1, -0.05) is 0 Å². The Morgan fingerprint density at radius 3 is 2.58 bits per heavy atom. The molecule has 60 valence electrons. The van der Waals surface area contributed by atoms with E-state index in [-0.39, 0.29) is 5.95 Å². The van der Waals surface area contributed by atoms with Gasteiger partial charge < -0.3 is 5.73 Å². The largest absolute Gasteiger partial charge is 0.366 e. The van der Waals surface area contributed by atoms with Crippen LogP contribution in [0.5, 0.6) is 0 Å². The summed E-state index contributed by atoms with van der Waals surface area (Å²) in [6.45, 7) is 0. The topological polar surface area (TPSA) is 69.6 Å². The van der Waals surface area contributed by atoms with Crippen molar-refractivity contribution in [2.24, 2.45) is 0 Å². The number of rotatable bonds is 1. The summed E-state index contributed by atoms with van der Waals surface area (Å²) in [5.74, 6) is 0.270. The van der Waals surface area contributed by atoms with E-state index in [4.69, 9.17) is 5.73 Å². The normalized spacial score (nSPS) is 10.0. The molecule has 2 rings (SSSR count). The van der Waals surface area contributed by atoms with Gasteiger partial charge in [-0.3, -0.25) is 4.98 Å². The van der Waals surface area contributed by atoms with E-state index < -0.39 is 0 Å². The zero-order chi connectivity index (χ0) is 8.39. The standard InChI is InChI=1S/C7H7N5/c8-7-10-5-12(11-7)6-1-3-9-4-2-6/h1-5H,(H2,8,11). The molecule has 0 amide bonds. The maximum atomic E-state index is 5.36. The van der Waals surface area contributed by atoms with Crippen LogP contribution in [0.25, 0.3) is 5.69 Å². The van der Waals surface area contributed by atoms with Gasteiger partial charge in [-0.2, -0.15) is 0 Å². The molecule has 0 aliphatic carbocycles. The molecule has 0 atom stereocenters. The summed E-state index contributed by atoms with van der Waals surface area (Å²) in [5.41, 5.74) is 6.25. The molecule has 0 aliphatic heterocycles. The van der Waals surface area contributed by atoms with Gasteiger partial charge in [0, 0.05) is 12.4 Å². The van der Waals surface area contributed by atoms with Gasteiger partial charge in [-0.15, -0.1) is 5.10 Å². The zero-order valence-corrected chi connectivity index (χ0v) is 6.25. The lowest BCUT2D eigenvalue weighted by molar-refractivity contribution is 0.880. The van der Waals surface area contributed by atoms with Gasteiger partial charge in [0.15, 0.2) is 0 Å². The number of hydrogen-bond donors (Lipinski definition) is 1. The first-order valence-corrected chi connectivity index (χ1v) is 3.44. The third-order valence-corrected chi connectivity index (χ3v) is 1.44. The average molecular weight is 161 g/mol. The van der Waals surface area contributed by atoms with Crippen molar-refractivity contribution in [3.05, 3.63) is 30.9 Å². The predicted molar refractivity (Wildman–Crippen MR) is 43.6 cm³/mol. The number of aromatic nitrogens is 4. The van der Waals surface area contributed by atoms with Crippen LogP contribution in [0.2, 0.25) is 0 Å². The number of nitrogens with zero attached hydrogens (tertiary/aromatic N) is 4. The molecule has 0 aliphatic rings. The van der Waals surface area contributed by atoms with Crippen molar-refractivity contribution in [2.45, 2.75) is 0 Å². The molecular formula is C7H7N5. The lowest BCUT2D eigenvalue weighted by Gasteiger charge is -1.96. The van der Waals surface area contributed by atoms with Gasteiger partial charge in [0.25, 0.3) is 0 Å². The molecule has 0 fully saturated rings. The highest BCUT2D eigenvalue weighted by Crippen LogP contribution is 2.02. The summed E-state index contributed by atoms with van der Waals surface area (Å²) >= 11 is 0. The molecule has 0 saturated heterocycles. The molecule has 2 N–H and O–H groups in total. The van der Waals surface area contributed by atoms with Gasteiger partial charge in [0.1, 0.15) is 6.33 Å². The maximum absolute atomic E-state index is 5.36. The van der Waals surface area contributed by atoms with Crippen molar-refractivity contribution in [3.8, 4) is 5.69 Å². The number of nitrogen functional groups attached to an aromatic ring is 1. The SMILES string of the molecule is Nc1ncn(-c2ccncc2)n1. The van der Waals surface area contributed by atoms with Crippen LogP contribution in [-0.2, 0) is 0 Å². The van der Waals surface area contributed by atoms with E-state index in [9.17, 15) is 0 Å². The zero-order valence-electron chi connectivity index (χ0n) is 6.25. The Hall–Kier alpha value is -1.91. The summed E-state index contributed by atoms with van der Waals surface area (Å²) in [7, 11) is 0. The summed E-state index contributed by atoms with van der Waals surface area (Å²) in [5, 5.41) is 3.94. The van der Waals surface area contributed by atoms with Crippen molar-refractivity contribution < 1.29 is 0 Å². The Bertz CT molecular complexity index is 366. The maximum Gasteiger partial charge on any atom is 0.239 e. The first-order chi connectivity index (χ1) is 5.86. The molecule has 2 heterocycles. The van der Waals surface area contributed by atoms with Crippen LogP contribution >= 0.6 is 0 Å². The number of hydrogen-bond acceptors (Lipinski definition) is 4. The molecule has 2 aromatic heterocycles. The number of pyridine rings is 1. The number of nitrogens with two attached hydrogens (primary N) is 1. The van der Waals surface area contributed by atoms with Crippen LogP contribution in [0.3, 0.4) is 0 Å². The van der Waals surface area contributed by atoms with E-state index in [0.717, 1.165) is 5.69 Å². The minimum absolute atomic E-state index is 0.270. The second-order valence-corrected chi connectivity index (χ2v) is 2.25. The van der Waals surface area contributed by atoms with E-state index in [1.807, 2.05) is 12.1 Å². The summed E-state index contributed by atoms with van der Waals surface area (Å²) in [6.07, 6.45) is 4.94.